The summed E-state index contributed by atoms with van der Waals surface area (Å²) in [7, 11) is 0. The number of nitrogens with zero attached hydrogens (tertiary/aromatic N) is 2. The molecule has 2 aliphatic rings. The van der Waals surface area contributed by atoms with Crippen molar-refractivity contribution in [1.29, 1.82) is 0 Å². The summed E-state index contributed by atoms with van der Waals surface area (Å²) in [5, 5.41) is 13.1. The molecule has 4 rings (SSSR count). The Balaban J connectivity index is 1.54. The van der Waals surface area contributed by atoms with Crippen molar-refractivity contribution >= 4 is 5.91 Å². The first-order chi connectivity index (χ1) is 13.8. The van der Waals surface area contributed by atoms with E-state index in [0.29, 0.717) is 35.7 Å². The number of amides is 1. The number of furan rings is 1. The average molecular weight is 386 g/mol. The van der Waals surface area contributed by atoms with E-state index in [4.69, 9.17) is 14.0 Å². The first kappa shape index (κ1) is 19.2. The number of aliphatic hydroxyl groups is 1. The number of aliphatic hydroxyl groups excluding tert-OH is 1. The van der Waals surface area contributed by atoms with Gasteiger partial charge >= 0.3 is 0 Å². The van der Waals surface area contributed by atoms with Crippen LogP contribution in [0.4, 0.5) is 0 Å². The van der Waals surface area contributed by atoms with Crippen LogP contribution in [0.15, 0.2) is 27.3 Å². The van der Waals surface area contributed by atoms with Gasteiger partial charge in [-0.05, 0) is 31.7 Å². The molecule has 0 atom stereocenters. The van der Waals surface area contributed by atoms with Crippen molar-refractivity contribution in [2.45, 2.75) is 82.7 Å². The quantitative estimate of drug-likeness (QED) is 0.786. The molecule has 2 heterocycles. The van der Waals surface area contributed by atoms with Crippen LogP contribution in [0.3, 0.4) is 0 Å². The summed E-state index contributed by atoms with van der Waals surface area (Å²) in [5.74, 6) is 1.23. The van der Waals surface area contributed by atoms with Gasteiger partial charge in [0.05, 0.1) is 12.2 Å². The third kappa shape index (κ3) is 4.17. The predicted molar refractivity (Wildman–Crippen MR) is 105 cm³/mol. The molecule has 0 aliphatic heterocycles. The molecule has 0 aromatic carbocycles. The maximum Gasteiger partial charge on any atom is 0.276 e. The van der Waals surface area contributed by atoms with Gasteiger partial charge in [0.25, 0.3) is 5.91 Å². The molecule has 152 valence electrons. The molecule has 0 spiro atoms. The molecule has 2 aliphatic carbocycles. The highest BCUT2D eigenvalue weighted by Gasteiger charge is 2.34. The van der Waals surface area contributed by atoms with E-state index in [2.05, 4.69) is 10.1 Å². The second kappa shape index (κ2) is 8.95. The largest absolute Gasteiger partial charge is 0.468 e. The molecule has 28 heavy (non-hydrogen) atoms. The first-order valence-electron chi connectivity index (χ1n) is 10.7. The highest BCUT2D eigenvalue weighted by Crippen LogP contribution is 2.32. The van der Waals surface area contributed by atoms with Gasteiger partial charge in [0.2, 0.25) is 0 Å². The van der Waals surface area contributed by atoms with Crippen molar-refractivity contribution in [3.05, 3.63) is 29.9 Å². The molecule has 2 fully saturated rings. The molecular weight excluding hydrogens is 356 g/mol. The van der Waals surface area contributed by atoms with Crippen molar-refractivity contribution in [1.82, 2.24) is 10.1 Å². The normalized spacial score (nSPS) is 19.0. The van der Waals surface area contributed by atoms with E-state index < -0.39 is 0 Å². The second-order valence-electron chi connectivity index (χ2n) is 8.15. The van der Waals surface area contributed by atoms with Crippen molar-refractivity contribution in [2.24, 2.45) is 0 Å². The van der Waals surface area contributed by atoms with Crippen LogP contribution in [0.1, 0.15) is 80.5 Å². The Labute approximate surface area is 165 Å². The van der Waals surface area contributed by atoms with Crippen LogP contribution in [0.2, 0.25) is 0 Å². The van der Waals surface area contributed by atoms with Crippen molar-refractivity contribution in [3.63, 3.8) is 0 Å². The minimum Gasteiger partial charge on any atom is -0.468 e. The summed E-state index contributed by atoms with van der Waals surface area (Å²) >= 11 is 0. The Morgan fingerprint density at radius 1 is 1.04 bits per heavy atom. The van der Waals surface area contributed by atoms with Crippen LogP contribution in [0.25, 0.3) is 11.3 Å². The fourth-order valence-electron chi connectivity index (χ4n) is 4.74. The van der Waals surface area contributed by atoms with E-state index in [0.717, 1.165) is 31.2 Å². The topological polar surface area (TPSA) is 79.7 Å². The summed E-state index contributed by atoms with van der Waals surface area (Å²) in [6.07, 6.45) is 13.8. The maximum atomic E-state index is 13.4. The Hall–Kier alpha value is -2.08. The number of hydrogen-bond donors (Lipinski definition) is 1. The minimum atomic E-state index is 0.00729. The van der Waals surface area contributed by atoms with Crippen LogP contribution in [0.5, 0.6) is 0 Å². The molecular formula is C22H30N2O4. The van der Waals surface area contributed by atoms with Gasteiger partial charge < -0.3 is 18.9 Å². The number of rotatable bonds is 6. The Kier molecular flexibility index (Phi) is 6.15. The molecule has 0 saturated heterocycles. The SMILES string of the molecule is O=C(c1cc(-c2coc(CCO)c2)on1)N(C1CCCCC1)C1CCCCC1. The van der Waals surface area contributed by atoms with Crippen LogP contribution in [0, 0.1) is 0 Å². The van der Waals surface area contributed by atoms with Gasteiger partial charge in [-0.1, -0.05) is 43.7 Å². The summed E-state index contributed by atoms with van der Waals surface area (Å²) in [6.45, 7) is 0.0326. The van der Waals surface area contributed by atoms with Crippen LogP contribution in [-0.4, -0.2) is 39.8 Å². The van der Waals surface area contributed by atoms with E-state index in [-0.39, 0.29) is 12.5 Å². The number of aromatic nitrogens is 1. The van der Waals surface area contributed by atoms with Gasteiger partial charge in [0.1, 0.15) is 12.0 Å². The monoisotopic (exact) mass is 386 g/mol. The van der Waals surface area contributed by atoms with E-state index in [1.165, 1.54) is 38.5 Å². The van der Waals surface area contributed by atoms with Crippen LogP contribution in [-0.2, 0) is 6.42 Å². The van der Waals surface area contributed by atoms with Gasteiger partial charge in [-0.25, -0.2) is 0 Å². The van der Waals surface area contributed by atoms with Gasteiger partial charge in [0, 0.05) is 24.6 Å². The van der Waals surface area contributed by atoms with Crippen LogP contribution < -0.4 is 0 Å². The Morgan fingerprint density at radius 2 is 1.68 bits per heavy atom. The van der Waals surface area contributed by atoms with E-state index in [9.17, 15) is 4.79 Å². The molecule has 6 heteroatoms. The summed E-state index contributed by atoms with van der Waals surface area (Å²) in [6, 6.07) is 4.21. The molecule has 2 aromatic rings. The van der Waals surface area contributed by atoms with E-state index in [1.807, 2.05) is 6.07 Å². The lowest BCUT2D eigenvalue weighted by atomic mass is 9.88. The fourth-order valence-corrected chi connectivity index (χ4v) is 4.74. The smallest absolute Gasteiger partial charge is 0.276 e. The van der Waals surface area contributed by atoms with Gasteiger partial charge in [-0.15, -0.1) is 0 Å². The predicted octanol–water partition coefficient (Wildman–Crippen LogP) is 4.58. The average Bonchev–Trinajstić information content (AvgIpc) is 3.40. The molecule has 0 radical (unpaired) electrons. The summed E-state index contributed by atoms with van der Waals surface area (Å²) < 4.78 is 10.9. The fraction of sp³-hybridized carbons (Fsp3) is 0.636. The van der Waals surface area contributed by atoms with Crippen molar-refractivity contribution in [2.75, 3.05) is 6.61 Å². The standard InChI is InChI=1S/C22H30N2O4/c25-12-11-19-13-16(15-27-19)21-14-20(23-28-21)22(26)24(17-7-3-1-4-8-17)18-9-5-2-6-10-18/h13-15,17-18,25H,1-12H2. The van der Waals surface area contributed by atoms with Crippen molar-refractivity contribution < 1.29 is 18.8 Å². The molecule has 2 aromatic heterocycles. The Bertz CT molecular complexity index is 751. The number of carbonyl (C=O) groups excluding carboxylic acids is 1. The zero-order valence-electron chi connectivity index (χ0n) is 16.4. The first-order valence-corrected chi connectivity index (χ1v) is 10.7. The third-order valence-electron chi connectivity index (χ3n) is 6.20. The van der Waals surface area contributed by atoms with Gasteiger partial charge in [-0.3, -0.25) is 4.79 Å². The lowest BCUT2D eigenvalue weighted by molar-refractivity contribution is 0.0438. The highest BCUT2D eigenvalue weighted by molar-refractivity contribution is 5.93. The summed E-state index contributed by atoms with van der Waals surface area (Å²) in [5.41, 5.74) is 1.13. The van der Waals surface area contributed by atoms with Gasteiger partial charge in [-0.2, -0.15) is 0 Å². The molecule has 2 saturated carbocycles. The molecule has 1 N–H and O–H groups in total. The Morgan fingerprint density at radius 3 is 2.29 bits per heavy atom. The van der Waals surface area contributed by atoms with E-state index in [1.54, 1.807) is 12.3 Å². The zero-order valence-corrected chi connectivity index (χ0v) is 16.4. The minimum absolute atomic E-state index is 0.00729. The maximum absolute atomic E-state index is 13.4. The van der Waals surface area contributed by atoms with E-state index >= 15 is 0 Å². The number of hydrogen-bond acceptors (Lipinski definition) is 5. The third-order valence-corrected chi connectivity index (χ3v) is 6.20. The molecule has 0 unspecified atom stereocenters. The lowest BCUT2D eigenvalue weighted by Gasteiger charge is -2.41. The highest BCUT2D eigenvalue weighted by atomic mass is 16.5. The number of carbonyl (C=O) groups is 1. The van der Waals surface area contributed by atoms with Gasteiger partial charge in [0.15, 0.2) is 11.5 Å². The molecule has 1 amide bonds. The van der Waals surface area contributed by atoms with Crippen LogP contribution >= 0.6 is 0 Å². The lowest BCUT2D eigenvalue weighted by Crippen LogP contribution is -2.48. The second-order valence-corrected chi connectivity index (χ2v) is 8.15. The van der Waals surface area contributed by atoms with Crippen molar-refractivity contribution in [3.8, 4) is 11.3 Å². The zero-order chi connectivity index (χ0) is 19.3. The molecule has 0 bridgehead atoms. The molecule has 6 nitrogen and oxygen atoms in total. The summed E-state index contributed by atoms with van der Waals surface area (Å²) in [4.78, 5) is 15.6.